The van der Waals surface area contributed by atoms with Crippen molar-refractivity contribution in [2.45, 2.75) is 45.4 Å². The number of anilines is 1. The van der Waals surface area contributed by atoms with Crippen LogP contribution < -0.4 is 4.90 Å². The second-order valence-corrected chi connectivity index (χ2v) is 9.09. The average Bonchev–Trinajstić information content (AvgIpc) is 3.39. The highest BCUT2D eigenvalue weighted by atomic mass is 32.1. The van der Waals surface area contributed by atoms with E-state index in [1.165, 1.54) is 35.8 Å². The Balaban J connectivity index is 1.54. The molecule has 1 saturated heterocycles. The zero-order valence-electron chi connectivity index (χ0n) is 18.0. The van der Waals surface area contributed by atoms with Crippen LogP contribution in [0.5, 0.6) is 0 Å². The molecule has 5 rings (SSSR count). The highest BCUT2D eigenvalue weighted by Crippen LogP contribution is 2.39. The average molecular weight is 457 g/mol. The van der Waals surface area contributed by atoms with E-state index in [1.807, 2.05) is 18.7 Å². The van der Waals surface area contributed by atoms with Crippen LogP contribution in [0, 0.1) is 12.7 Å². The lowest BCUT2D eigenvalue weighted by Gasteiger charge is -2.37. The molecule has 1 amide bonds. The molecule has 1 N–H and O–H groups in total. The lowest BCUT2D eigenvalue weighted by atomic mass is 10.1. The van der Waals surface area contributed by atoms with Gasteiger partial charge in [0, 0.05) is 31.7 Å². The number of amides is 1. The van der Waals surface area contributed by atoms with Crippen molar-refractivity contribution in [3.63, 3.8) is 0 Å². The number of carbonyl (C=O) groups excluding carboxylic acids is 1. The summed E-state index contributed by atoms with van der Waals surface area (Å²) in [6.07, 6.45) is 1.09. The number of imidazole rings is 1. The number of hydrogen-bond acceptors (Lipinski definition) is 7. The lowest BCUT2D eigenvalue weighted by molar-refractivity contribution is 0.0645. The van der Waals surface area contributed by atoms with Gasteiger partial charge in [0.1, 0.15) is 11.6 Å². The number of aryl methyl sites for hydroxylation is 1. The third-order valence-corrected chi connectivity index (χ3v) is 7.05. The summed E-state index contributed by atoms with van der Waals surface area (Å²) in [5, 5.41) is 10.7. The first kappa shape index (κ1) is 21.0. The molecule has 1 aromatic carbocycles. The van der Waals surface area contributed by atoms with Crippen molar-refractivity contribution in [1.29, 1.82) is 0 Å². The van der Waals surface area contributed by atoms with Gasteiger partial charge in [-0.05, 0) is 62.5 Å². The maximum atomic E-state index is 13.3. The van der Waals surface area contributed by atoms with Crippen LogP contribution in [0.2, 0.25) is 0 Å². The van der Waals surface area contributed by atoms with Gasteiger partial charge < -0.3 is 19.5 Å². The van der Waals surface area contributed by atoms with Gasteiger partial charge in [-0.1, -0.05) is 0 Å². The molecule has 1 atom stereocenters. The molecule has 3 aromatic rings. The van der Waals surface area contributed by atoms with E-state index in [4.69, 9.17) is 4.98 Å². The zero-order chi connectivity index (χ0) is 22.4. The van der Waals surface area contributed by atoms with Gasteiger partial charge >= 0.3 is 0 Å². The van der Waals surface area contributed by atoms with E-state index in [9.17, 15) is 14.3 Å². The van der Waals surface area contributed by atoms with E-state index in [1.54, 1.807) is 0 Å². The van der Waals surface area contributed by atoms with Crippen molar-refractivity contribution in [3.8, 4) is 10.8 Å². The SMILES string of the molecule is Cc1nsc(-c2nc(N3CCC(O)CC3)c3n2CCN(C(=O)c2ccc(F)cc2)[C@@H]3C)n1. The molecule has 32 heavy (non-hydrogen) atoms. The van der Waals surface area contributed by atoms with Crippen LogP contribution in [0.3, 0.4) is 0 Å². The van der Waals surface area contributed by atoms with E-state index in [-0.39, 0.29) is 23.9 Å². The quantitative estimate of drug-likeness (QED) is 0.652. The van der Waals surface area contributed by atoms with Gasteiger partial charge in [-0.2, -0.15) is 4.37 Å². The molecule has 0 radical (unpaired) electrons. The first-order valence-corrected chi connectivity index (χ1v) is 11.6. The van der Waals surface area contributed by atoms with Crippen LogP contribution in [0.25, 0.3) is 10.8 Å². The Morgan fingerprint density at radius 3 is 2.50 bits per heavy atom. The van der Waals surface area contributed by atoms with E-state index in [0.717, 1.165) is 22.3 Å². The van der Waals surface area contributed by atoms with Crippen LogP contribution in [0.15, 0.2) is 24.3 Å². The van der Waals surface area contributed by atoms with Gasteiger partial charge in [0.15, 0.2) is 16.6 Å². The van der Waals surface area contributed by atoms with Crippen molar-refractivity contribution >= 4 is 23.3 Å². The Hall–Kier alpha value is -2.85. The van der Waals surface area contributed by atoms with E-state index >= 15 is 0 Å². The molecule has 4 heterocycles. The molecule has 0 spiro atoms. The number of rotatable bonds is 3. The van der Waals surface area contributed by atoms with E-state index < -0.39 is 0 Å². The molecular formula is C22H25FN6O2S. The summed E-state index contributed by atoms with van der Waals surface area (Å²) in [6.45, 7) is 6.38. The standard InChI is InChI=1S/C22H25FN6O2S/c1-13-18-19(27-9-7-17(30)8-10-27)25-20(21-24-14(2)26-32-21)29(18)12-11-28(13)22(31)15-3-5-16(23)6-4-15/h3-6,13,17,30H,7-12H2,1-2H3/t13-/m1/s1. The molecule has 1 fully saturated rings. The van der Waals surface area contributed by atoms with Gasteiger partial charge in [-0.15, -0.1) is 0 Å². The minimum atomic E-state index is -0.363. The number of carbonyl (C=O) groups is 1. The molecule has 0 unspecified atom stereocenters. The Morgan fingerprint density at radius 1 is 1.12 bits per heavy atom. The summed E-state index contributed by atoms with van der Waals surface area (Å²) in [6, 6.07) is 5.45. The third kappa shape index (κ3) is 3.67. The second-order valence-electron chi connectivity index (χ2n) is 8.34. The van der Waals surface area contributed by atoms with Gasteiger partial charge in [0.2, 0.25) is 0 Å². The number of benzene rings is 1. The highest BCUT2D eigenvalue weighted by Gasteiger charge is 2.36. The molecule has 0 aliphatic carbocycles. The molecule has 8 nitrogen and oxygen atoms in total. The number of aliphatic hydroxyl groups is 1. The Labute approximate surface area is 189 Å². The molecule has 10 heteroatoms. The second kappa shape index (κ2) is 8.25. The maximum Gasteiger partial charge on any atom is 0.254 e. The van der Waals surface area contributed by atoms with Gasteiger partial charge in [0.05, 0.1) is 17.8 Å². The van der Waals surface area contributed by atoms with E-state index in [0.29, 0.717) is 50.4 Å². The largest absolute Gasteiger partial charge is 0.393 e. The summed E-state index contributed by atoms with van der Waals surface area (Å²) in [5.74, 6) is 1.83. The Morgan fingerprint density at radius 2 is 1.84 bits per heavy atom. The monoisotopic (exact) mass is 456 g/mol. The van der Waals surface area contributed by atoms with E-state index in [2.05, 4.69) is 18.8 Å². The summed E-state index contributed by atoms with van der Waals surface area (Å²) >= 11 is 1.32. The third-order valence-electron chi connectivity index (χ3n) is 6.25. The zero-order valence-corrected chi connectivity index (χ0v) is 18.8. The van der Waals surface area contributed by atoms with Crippen LogP contribution >= 0.6 is 11.5 Å². The van der Waals surface area contributed by atoms with Gasteiger partial charge in [0.25, 0.3) is 5.91 Å². The number of piperidine rings is 1. The van der Waals surface area contributed by atoms with Crippen molar-refractivity contribution in [2.75, 3.05) is 24.5 Å². The minimum absolute atomic E-state index is 0.127. The molecular weight excluding hydrogens is 431 g/mol. The minimum Gasteiger partial charge on any atom is -0.393 e. The van der Waals surface area contributed by atoms with Gasteiger partial charge in [-0.25, -0.2) is 14.4 Å². The summed E-state index contributed by atoms with van der Waals surface area (Å²) in [4.78, 5) is 26.8. The predicted octanol–water partition coefficient (Wildman–Crippen LogP) is 3.03. The Bertz CT molecular complexity index is 1140. The normalized spacial score (nSPS) is 19.3. The van der Waals surface area contributed by atoms with Crippen LogP contribution in [-0.2, 0) is 6.54 Å². The number of aromatic nitrogens is 4. The first-order valence-electron chi connectivity index (χ1n) is 10.8. The van der Waals surface area contributed by atoms with Crippen LogP contribution in [-0.4, -0.2) is 60.6 Å². The fourth-order valence-electron chi connectivity index (χ4n) is 4.54. The number of halogens is 1. The van der Waals surface area contributed by atoms with Crippen LogP contribution in [0.4, 0.5) is 10.2 Å². The molecule has 2 aromatic heterocycles. The predicted molar refractivity (Wildman–Crippen MR) is 119 cm³/mol. The molecule has 0 bridgehead atoms. The summed E-state index contributed by atoms with van der Waals surface area (Å²) in [5.41, 5.74) is 1.43. The maximum absolute atomic E-state index is 13.3. The fraction of sp³-hybridized carbons (Fsp3) is 0.455. The first-order chi connectivity index (χ1) is 15.4. The summed E-state index contributed by atoms with van der Waals surface area (Å²) in [7, 11) is 0. The van der Waals surface area contributed by atoms with Gasteiger partial charge in [-0.3, -0.25) is 4.79 Å². The molecule has 168 valence electrons. The van der Waals surface area contributed by atoms with Crippen LogP contribution in [0.1, 0.15) is 47.7 Å². The number of aliphatic hydroxyl groups excluding tert-OH is 1. The number of fused-ring (bicyclic) bond motifs is 1. The topological polar surface area (TPSA) is 87.4 Å². The van der Waals surface area contributed by atoms with Crippen molar-refractivity contribution in [1.82, 2.24) is 23.8 Å². The summed E-state index contributed by atoms with van der Waals surface area (Å²) < 4.78 is 19.8. The lowest BCUT2D eigenvalue weighted by Crippen LogP contribution is -2.42. The Kier molecular flexibility index (Phi) is 5.42. The van der Waals surface area contributed by atoms with Crippen molar-refractivity contribution in [2.24, 2.45) is 0 Å². The fourth-order valence-corrected chi connectivity index (χ4v) is 5.21. The number of nitrogens with zero attached hydrogens (tertiary/aromatic N) is 6. The smallest absolute Gasteiger partial charge is 0.254 e. The molecule has 0 saturated carbocycles. The van der Waals surface area contributed by atoms with Crippen molar-refractivity contribution in [3.05, 3.63) is 47.2 Å². The molecule has 2 aliphatic rings. The molecule has 2 aliphatic heterocycles. The van der Waals surface area contributed by atoms with Crippen molar-refractivity contribution < 1.29 is 14.3 Å². The number of hydrogen-bond donors (Lipinski definition) is 1. The highest BCUT2D eigenvalue weighted by molar-refractivity contribution is 7.09.